The topological polar surface area (TPSA) is 47.0 Å². The molecular formula is C14H14BrF2N3O. The second-order valence-corrected chi connectivity index (χ2v) is 4.99. The lowest BCUT2D eigenvalue weighted by Crippen LogP contribution is -2.07. The van der Waals surface area contributed by atoms with Gasteiger partial charge in [-0.05, 0) is 41.9 Å². The molecule has 0 unspecified atom stereocenters. The fourth-order valence-corrected chi connectivity index (χ4v) is 2.13. The van der Waals surface area contributed by atoms with Crippen molar-refractivity contribution in [1.82, 2.24) is 9.97 Å². The van der Waals surface area contributed by atoms with Gasteiger partial charge in [-0.15, -0.1) is 0 Å². The molecule has 1 N–H and O–H groups in total. The molecule has 21 heavy (non-hydrogen) atoms. The number of hydrogen-bond acceptors (Lipinski definition) is 4. The molecule has 0 saturated heterocycles. The number of aromatic nitrogens is 2. The number of ether oxygens (including phenoxy) is 1. The molecule has 0 aliphatic heterocycles. The monoisotopic (exact) mass is 357 g/mol. The molecule has 1 aromatic carbocycles. The van der Waals surface area contributed by atoms with Gasteiger partial charge in [-0.1, -0.05) is 12.1 Å². The van der Waals surface area contributed by atoms with E-state index in [0.29, 0.717) is 29.4 Å². The summed E-state index contributed by atoms with van der Waals surface area (Å²) in [7, 11) is 0. The van der Waals surface area contributed by atoms with Crippen molar-refractivity contribution in [3.63, 3.8) is 0 Å². The maximum atomic E-state index is 12.5. The summed E-state index contributed by atoms with van der Waals surface area (Å²) in [4.78, 5) is 8.70. The van der Waals surface area contributed by atoms with E-state index in [1.54, 1.807) is 18.2 Å². The van der Waals surface area contributed by atoms with Gasteiger partial charge in [0.1, 0.15) is 11.6 Å². The Labute approximate surface area is 129 Å². The van der Waals surface area contributed by atoms with Crippen molar-refractivity contribution in [2.24, 2.45) is 0 Å². The highest BCUT2D eigenvalue weighted by molar-refractivity contribution is 9.10. The Morgan fingerprint density at radius 3 is 2.67 bits per heavy atom. The first-order valence-corrected chi connectivity index (χ1v) is 7.14. The molecule has 0 spiro atoms. The summed E-state index contributed by atoms with van der Waals surface area (Å²) in [5, 5.41) is 3.10. The Balaban J connectivity index is 2.51. The minimum Gasteiger partial charge on any atom is -0.434 e. The summed E-state index contributed by atoms with van der Waals surface area (Å²) in [6.07, 6.45) is 0. The van der Waals surface area contributed by atoms with Crippen LogP contribution in [-0.4, -0.2) is 23.1 Å². The second kappa shape index (κ2) is 6.80. The fourth-order valence-electron chi connectivity index (χ4n) is 1.81. The van der Waals surface area contributed by atoms with Crippen LogP contribution in [0.4, 0.5) is 14.6 Å². The summed E-state index contributed by atoms with van der Waals surface area (Å²) in [6.45, 7) is 1.55. The van der Waals surface area contributed by atoms with Gasteiger partial charge in [-0.2, -0.15) is 8.78 Å². The van der Waals surface area contributed by atoms with E-state index < -0.39 is 6.61 Å². The average Bonchev–Trinajstić information content (AvgIpc) is 2.44. The summed E-state index contributed by atoms with van der Waals surface area (Å²) in [5.74, 6) is 1.01. The number of para-hydroxylation sites is 1. The van der Waals surface area contributed by atoms with Gasteiger partial charge in [0, 0.05) is 6.54 Å². The molecule has 112 valence electrons. The lowest BCUT2D eigenvalue weighted by molar-refractivity contribution is -0.0494. The third-order valence-electron chi connectivity index (χ3n) is 2.71. The molecule has 7 heteroatoms. The lowest BCUT2D eigenvalue weighted by Gasteiger charge is -2.13. The summed E-state index contributed by atoms with van der Waals surface area (Å²) in [6, 6.07) is 6.46. The number of nitrogens with one attached hydrogen (secondary N) is 1. The average molecular weight is 358 g/mol. The molecule has 0 atom stereocenters. The zero-order valence-corrected chi connectivity index (χ0v) is 13.1. The van der Waals surface area contributed by atoms with Crippen molar-refractivity contribution in [3.05, 3.63) is 34.4 Å². The van der Waals surface area contributed by atoms with Gasteiger partial charge in [0.15, 0.2) is 5.82 Å². The molecule has 2 aromatic rings. The van der Waals surface area contributed by atoms with Crippen LogP contribution in [0.5, 0.6) is 5.75 Å². The quantitative estimate of drug-likeness (QED) is 0.868. The van der Waals surface area contributed by atoms with E-state index >= 15 is 0 Å². The molecule has 0 aliphatic carbocycles. The third kappa shape index (κ3) is 3.66. The molecule has 4 nitrogen and oxygen atoms in total. The Morgan fingerprint density at radius 1 is 1.29 bits per heavy atom. The first-order valence-electron chi connectivity index (χ1n) is 6.35. The molecule has 0 fully saturated rings. The van der Waals surface area contributed by atoms with Crippen molar-refractivity contribution in [3.8, 4) is 17.1 Å². The van der Waals surface area contributed by atoms with Gasteiger partial charge in [-0.25, -0.2) is 9.97 Å². The zero-order chi connectivity index (χ0) is 15.4. The fraction of sp³-hybridized carbons (Fsp3) is 0.286. The van der Waals surface area contributed by atoms with E-state index in [2.05, 4.69) is 36.0 Å². The van der Waals surface area contributed by atoms with Crippen molar-refractivity contribution in [2.45, 2.75) is 20.5 Å². The predicted molar refractivity (Wildman–Crippen MR) is 80.7 cm³/mol. The Morgan fingerprint density at radius 2 is 2.00 bits per heavy atom. The van der Waals surface area contributed by atoms with Crippen LogP contribution in [0.2, 0.25) is 0 Å². The van der Waals surface area contributed by atoms with Crippen LogP contribution in [0, 0.1) is 6.92 Å². The minimum atomic E-state index is -2.89. The molecule has 0 bridgehead atoms. The number of hydrogen-bond donors (Lipinski definition) is 1. The van der Waals surface area contributed by atoms with Gasteiger partial charge >= 0.3 is 6.61 Å². The van der Waals surface area contributed by atoms with Gasteiger partial charge < -0.3 is 10.1 Å². The van der Waals surface area contributed by atoms with Gasteiger partial charge in [0.05, 0.1) is 15.7 Å². The predicted octanol–water partition coefficient (Wildman–Crippen LogP) is 4.25. The molecule has 0 radical (unpaired) electrons. The summed E-state index contributed by atoms with van der Waals surface area (Å²) >= 11 is 3.41. The minimum absolute atomic E-state index is 0.0525. The van der Waals surface area contributed by atoms with Crippen molar-refractivity contribution >= 4 is 21.7 Å². The first-order chi connectivity index (χ1) is 10.0. The van der Waals surface area contributed by atoms with E-state index in [1.165, 1.54) is 6.07 Å². The SMILES string of the molecule is CCNc1nc(-c2ccccc2OC(F)F)nc(C)c1Br. The third-order valence-corrected chi connectivity index (χ3v) is 3.65. The van der Waals surface area contributed by atoms with E-state index in [9.17, 15) is 8.78 Å². The molecule has 1 aromatic heterocycles. The highest BCUT2D eigenvalue weighted by Crippen LogP contribution is 2.32. The Bertz CT molecular complexity index is 638. The maximum absolute atomic E-state index is 12.5. The van der Waals surface area contributed by atoms with E-state index in [4.69, 9.17) is 0 Å². The molecule has 0 aliphatic rings. The van der Waals surface area contributed by atoms with Crippen LogP contribution < -0.4 is 10.1 Å². The van der Waals surface area contributed by atoms with Crippen LogP contribution in [-0.2, 0) is 0 Å². The van der Waals surface area contributed by atoms with Crippen LogP contribution in [0.1, 0.15) is 12.6 Å². The Kier molecular flexibility index (Phi) is 5.06. The first kappa shape index (κ1) is 15.6. The number of alkyl halides is 2. The van der Waals surface area contributed by atoms with E-state index in [1.807, 2.05) is 13.8 Å². The second-order valence-electron chi connectivity index (χ2n) is 4.20. The maximum Gasteiger partial charge on any atom is 0.387 e. The van der Waals surface area contributed by atoms with Crippen LogP contribution in [0.3, 0.4) is 0 Å². The van der Waals surface area contributed by atoms with Gasteiger partial charge in [0.25, 0.3) is 0 Å². The molecule has 1 heterocycles. The van der Waals surface area contributed by atoms with Crippen molar-refractivity contribution in [2.75, 3.05) is 11.9 Å². The largest absolute Gasteiger partial charge is 0.434 e. The van der Waals surface area contributed by atoms with Crippen LogP contribution in [0.15, 0.2) is 28.7 Å². The van der Waals surface area contributed by atoms with Crippen molar-refractivity contribution < 1.29 is 13.5 Å². The number of halogens is 3. The van der Waals surface area contributed by atoms with Gasteiger partial charge in [-0.3, -0.25) is 0 Å². The number of benzene rings is 1. The number of nitrogens with zero attached hydrogens (tertiary/aromatic N) is 2. The molecule has 0 amide bonds. The standard InChI is InChI=1S/C14H14BrF2N3O/c1-3-18-13-11(15)8(2)19-12(20-13)9-6-4-5-7-10(9)21-14(16)17/h4-7,14H,3H2,1-2H3,(H,18,19,20). The smallest absolute Gasteiger partial charge is 0.387 e. The number of aryl methyl sites for hydroxylation is 1. The number of rotatable bonds is 5. The van der Waals surface area contributed by atoms with E-state index in [-0.39, 0.29) is 5.75 Å². The van der Waals surface area contributed by atoms with Crippen molar-refractivity contribution in [1.29, 1.82) is 0 Å². The van der Waals surface area contributed by atoms with Crippen LogP contribution >= 0.6 is 15.9 Å². The van der Waals surface area contributed by atoms with E-state index in [0.717, 1.165) is 4.47 Å². The summed E-state index contributed by atoms with van der Waals surface area (Å²) in [5.41, 5.74) is 1.13. The normalized spacial score (nSPS) is 10.8. The lowest BCUT2D eigenvalue weighted by atomic mass is 10.2. The molecule has 0 saturated carbocycles. The summed E-state index contributed by atoms with van der Waals surface area (Å²) < 4.78 is 30.2. The van der Waals surface area contributed by atoms with Gasteiger partial charge in [0.2, 0.25) is 0 Å². The molecular weight excluding hydrogens is 344 g/mol. The highest BCUT2D eigenvalue weighted by Gasteiger charge is 2.15. The zero-order valence-electron chi connectivity index (χ0n) is 11.5. The Hall–Kier alpha value is -1.76. The van der Waals surface area contributed by atoms with Crippen LogP contribution in [0.25, 0.3) is 11.4 Å². The number of anilines is 1. The highest BCUT2D eigenvalue weighted by atomic mass is 79.9. The molecule has 2 rings (SSSR count).